The minimum absolute atomic E-state index is 0.185. The second-order valence-corrected chi connectivity index (χ2v) is 4.83. The fourth-order valence-electron chi connectivity index (χ4n) is 2.18. The molecule has 3 nitrogen and oxygen atoms in total. The number of rotatable bonds is 3. The molecular weight excluding hydrogens is 240 g/mol. The summed E-state index contributed by atoms with van der Waals surface area (Å²) < 4.78 is 4.92. The minimum Gasteiger partial charge on any atom is -0.466 e. The molecule has 1 fully saturated rings. The Bertz CT molecular complexity index is 407. The quantitative estimate of drug-likeness (QED) is 0.843. The third kappa shape index (κ3) is 2.45. The van der Waals surface area contributed by atoms with Crippen molar-refractivity contribution in [3.63, 3.8) is 0 Å². The van der Waals surface area contributed by atoms with Crippen LogP contribution in [0.2, 0.25) is 5.02 Å². The van der Waals surface area contributed by atoms with Gasteiger partial charge in [-0.05, 0) is 37.5 Å². The maximum absolute atomic E-state index is 11.4. The van der Waals surface area contributed by atoms with Crippen LogP contribution in [0.4, 0.5) is 0 Å². The van der Waals surface area contributed by atoms with Crippen LogP contribution >= 0.6 is 11.6 Å². The predicted octanol–water partition coefficient (Wildman–Crippen LogP) is 2.50. The molecule has 4 heteroatoms. The number of esters is 1. The number of carbonyl (C=O) groups excluding carboxylic acids is 1. The molecule has 1 aliphatic rings. The predicted molar refractivity (Wildman–Crippen MR) is 64.7 cm³/mol. The highest BCUT2D eigenvalue weighted by Crippen LogP contribution is 2.46. The lowest BCUT2D eigenvalue weighted by molar-refractivity contribution is -0.165. The Morgan fingerprint density at radius 1 is 1.47 bits per heavy atom. The van der Waals surface area contributed by atoms with Crippen molar-refractivity contribution in [3.8, 4) is 0 Å². The van der Waals surface area contributed by atoms with Crippen molar-refractivity contribution < 1.29 is 14.6 Å². The molecule has 1 saturated carbocycles. The van der Waals surface area contributed by atoms with E-state index in [4.69, 9.17) is 16.3 Å². The molecular formula is C13H15ClO3. The number of halogens is 1. The zero-order valence-corrected chi connectivity index (χ0v) is 10.4. The second-order valence-electron chi connectivity index (χ2n) is 4.40. The van der Waals surface area contributed by atoms with E-state index in [-0.39, 0.29) is 11.9 Å². The molecule has 92 valence electrons. The summed E-state index contributed by atoms with van der Waals surface area (Å²) >= 11 is 5.79. The van der Waals surface area contributed by atoms with Gasteiger partial charge in [0.2, 0.25) is 0 Å². The highest BCUT2D eigenvalue weighted by atomic mass is 35.5. The lowest BCUT2D eigenvalue weighted by atomic mass is 9.67. The van der Waals surface area contributed by atoms with E-state index in [2.05, 4.69) is 0 Å². The molecule has 0 aliphatic heterocycles. The van der Waals surface area contributed by atoms with Crippen LogP contribution in [0.25, 0.3) is 0 Å². The first-order valence-electron chi connectivity index (χ1n) is 5.70. The number of carbonyl (C=O) groups is 1. The third-order valence-electron chi connectivity index (χ3n) is 3.17. The van der Waals surface area contributed by atoms with Crippen LogP contribution in [-0.4, -0.2) is 17.7 Å². The Kier molecular flexibility index (Phi) is 3.40. The van der Waals surface area contributed by atoms with Crippen LogP contribution in [0.5, 0.6) is 0 Å². The van der Waals surface area contributed by atoms with E-state index in [1.54, 1.807) is 31.2 Å². The van der Waals surface area contributed by atoms with E-state index < -0.39 is 5.60 Å². The topological polar surface area (TPSA) is 46.5 Å². The second kappa shape index (κ2) is 4.67. The average molecular weight is 255 g/mol. The van der Waals surface area contributed by atoms with Gasteiger partial charge in [0.25, 0.3) is 0 Å². The van der Waals surface area contributed by atoms with Gasteiger partial charge < -0.3 is 9.84 Å². The van der Waals surface area contributed by atoms with Gasteiger partial charge in [0.1, 0.15) is 0 Å². The van der Waals surface area contributed by atoms with Crippen LogP contribution in [0, 0.1) is 5.92 Å². The summed E-state index contributed by atoms with van der Waals surface area (Å²) in [6, 6.07) is 7.08. The van der Waals surface area contributed by atoms with Crippen LogP contribution in [0.3, 0.4) is 0 Å². The molecule has 0 aromatic heterocycles. The monoisotopic (exact) mass is 254 g/mol. The molecule has 0 radical (unpaired) electrons. The van der Waals surface area contributed by atoms with E-state index in [1.165, 1.54) is 0 Å². The van der Waals surface area contributed by atoms with Crippen LogP contribution < -0.4 is 0 Å². The Morgan fingerprint density at radius 2 is 2.06 bits per heavy atom. The maximum atomic E-state index is 11.4. The van der Waals surface area contributed by atoms with Gasteiger partial charge in [-0.1, -0.05) is 23.7 Å². The molecule has 0 heterocycles. The van der Waals surface area contributed by atoms with Crippen molar-refractivity contribution in [1.29, 1.82) is 0 Å². The number of ether oxygens (including phenoxy) is 1. The summed E-state index contributed by atoms with van der Waals surface area (Å²) in [5.74, 6) is -0.401. The van der Waals surface area contributed by atoms with Gasteiger partial charge in [-0.2, -0.15) is 0 Å². The van der Waals surface area contributed by atoms with E-state index in [9.17, 15) is 9.90 Å². The van der Waals surface area contributed by atoms with Gasteiger partial charge in [0.05, 0.1) is 18.1 Å². The van der Waals surface area contributed by atoms with Crippen molar-refractivity contribution in [2.45, 2.75) is 25.4 Å². The molecule has 1 N–H and O–H groups in total. The van der Waals surface area contributed by atoms with Crippen molar-refractivity contribution in [2.24, 2.45) is 5.92 Å². The summed E-state index contributed by atoms with van der Waals surface area (Å²) in [7, 11) is 0. The van der Waals surface area contributed by atoms with Crippen molar-refractivity contribution >= 4 is 17.6 Å². The van der Waals surface area contributed by atoms with Crippen molar-refractivity contribution in [3.05, 3.63) is 34.9 Å². The highest BCUT2D eigenvalue weighted by molar-refractivity contribution is 6.30. The summed E-state index contributed by atoms with van der Waals surface area (Å²) in [5, 5.41) is 10.9. The molecule has 0 atom stereocenters. The zero-order chi connectivity index (χ0) is 12.5. The lowest BCUT2D eigenvalue weighted by Crippen LogP contribution is -2.45. The Balaban J connectivity index is 2.01. The lowest BCUT2D eigenvalue weighted by Gasteiger charge is -2.42. The first-order valence-corrected chi connectivity index (χ1v) is 6.08. The van der Waals surface area contributed by atoms with E-state index in [1.807, 2.05) is 0 Å². The van der Waals surface area contributed by atoms with Gasteiger partial charge >= 0.3 is 5.97 Å². The molecule has 2 rings (SSSR count). The fraction of sp³-hybridized carbons (Fsp3) is 0.462. The SMILES string of the molecule is CCOC(=O)[C@H]1C[C@@](O)(c2ccc(Cl)cc2)C1. The smallest absolute Gasteiger partial charge is 0.309 e. The summed E-state index contributed by atoms with van der Waals surface area (Å²) in [6.45, 7) is 2.16. The largest absolute Gasteiger partial charge is 0.466 e. The molecule has 1 aliphatic carbocycles. The van der Waals surface area contributed by atoms with E-state index >= 15 is 0 Å². The normalized spacial score (nSPS) is 27.4. The summed E-state index contributed by atoms with van der Waals surface area (Å²) in [6.07, 6.45) is 0.848. The van der Waals surface area contributed by atoms with Crippen molar-refractivity contribution in [2.75, 3.05) is 6.61 Å². The number of aliphatic hydroxyl groups is 1. The third-order valence-corrected chi connectivity index (χ3v) is 3.42. The fourth-order valence-corrected chi connectivity index (χ4v) is 2.30. The van der Waals surface area contributed by atoms with Gasteiger partial charge in [0, 0.05) is 5.02 Å². The maximum Gasteiger partial charge on any atom is 0.309 e. The molecule has 0 unspecified atom stereocenters. The van der Waals surface area contributed by atoms with Crippen LogP contribution in [-0.2, 0) is 15.1 Å². The van der Waals surface area contributed by atoms with Gasteiger partial charge in [-0.15, -0.1) is 0 Å². The van der Waals surface area contributed by atoms with Crippen LogP contribution in [0.1, 0.15) is 25.3 Å². The van der Waals surface area contributed by atoms with Crippen molar-refractivity contribution in [1.82, 2.24) is 0 Å². The zero-order valence-electron chi connectivity index (χ0n) is 9.65. The highest BCUT2D eigenvalue weighted by Gasteiger charge is 2.47. The van der Waals surface area contributed by atoms with E-state index in [0.29, 0.717) is 24.5 Å². The van der Waals surface area contributed by atoms with Gasteiger partial charge in [-0.25, -0.2) is 0 Å². The molecule has 17 heavy (non-hydrogen) atoms. The van der Waals surface area contributed by atoms with Gasteiger partial charge in [0.15, 0.2) is 0 Å². The average Bonchev–Trinajstić information content (AvgIpc) is 2.26. The molecule has 1 aromatic rings. The first kappa shape index (κ1) is 12.4. The summed E-state index contributed by atoms with van der Waals surface area (Å²) in [5.41, 5.74) is -0.0930. The number of benzene rings is 1. The Labute approximate surface area is 105 Å². The molecule has 0 bridgehead atoms. The van der Waals surface area contributed by atoms with E-state index in [0.717, 1.165) is 5.56 Å². The Morgan fingerprint density at radius 3 is 2.59 bits per heavy atom. The minimum atomic E-state index is -0.901. The number of hydrogen-bond donors (Lipinski definition) is 1. The Hall–Kier alpha value is -1.06. The summed E-state index contributed by atoms with van der Waals surface area (Å²) in [4.78, 5) is 11.4. The molecule has 0 amide bonds. The molecule has 1 aromatic carbocycles. The standard InChI is InChI=1S/C13H15ClO3/c1-2-17-12(15)9-7-13(16,8-9)10-3-5-11(14)6-4-10/h3-6,9,16H,2,7-8H2,1H3/t9-,13-. The first-order chi connectivity index (χ1) is 8.05. The molecule has 0 spiro atoms. The number of hydrogen-bond acceptors (Lipinski definition) is 3. The van der Waals surface area contributed by atoms with Crippen LogP contribution in [0.15, 0.2) is 24.3 Å². The van der Waals surface area contributed by atoms with Gasteiger partial charge in [-0.3, -0.25) is 4.79 Å². The molecule has 0 saturated heterocycles.